The molecule has 0 spiro atoms. The SMILES string of the molecule is CCNC(=NCC(O)CN1CCc2ccccc2C1)NCCc1c(C)[nH]c2ccccc12. The minimum absolute atomic E-state index is 0.388. The lowest BCUT2D eigenvalue weighted by Crippen LogP contribution is -2.40. The van der Waals surface area contributed by atoms with Crippen LogP contribution in [0.15, 0.2) is 53.5 Å². The Morgan fingerprint density at radius 2 is 1.91 bits per heavy atom. The molecular weight excluding hydrogens is 398 g/mol. The quantitative estimate of drug-likeness (QED) is 0.325. The van der Waals surface area contributed by atoms with Crippen LogP contribution in [0.5, 0.6) is 0 Å². The molecule has 32 heavy (non-hydrogen) atoms. The second kappa shape index (κ2) is 10.7. The lowest BCUT2D eigenvalue weighted by molar-refractivity contribution is 0.111. The highest BCUT2D eigenvalue weighted by Gasteiger charge is 2.18. The van der Waals surface area contributed by atoms with Crippen molar-refractivity contribution in [1.29, 1.82) is 0 Å². The molecule has 6 heteroatoms. The Balaban J connectivity index is 1.28. The molecule has 0 fully saturated rings. The number of hydrogen-bond acceptors (Lipinski definition) is 3. The number of aromatic amines is 1. The summed E-state index contributed by atoms with van der Waals surface area (Å²) >= 11 is 0. The van der Waals surface area contributed by atoms with Gasteiger partial charge in [0, 0.05) is 49.3 Å². The molecule has 0 saturated heterocycles. The fraction of sp³-hybridized carbons (Fsp3) is 0.423. The van der Waals surface area contributed by atoms with Crippen LogP contribution < -0.4 is 10.6 Å². The van der Waals surface area contributed by atoms with Crippen molar-refractivity contribution in [3.8, 4) is 0 Å². The molecule has 1 atom stereocenters. The molecule has 4 N–H and O–H groups in total. The number of β-amino-alcohol motifs (C(OH)–C–C–N with tert-alkyl or cyclic N) is 1. The molecule has 2 aromatic carbocycles. The maximum atomic E-state index is 10.6. The van der Waals surface area contributed by atoms with Crippen molar-refractivity contribution >= 4 is 16.9 Å². The van der Waals surface area contributed by atoms with E-state index < -0.39 is 6.10 Å². The van der Waals surface area contributed by atoms with E-state index in [-0.39, 0.29) is 0 Å². The van der Waals surface area contributed by atoms with Gasteiger partial charge in [0.15, 0.2) is 5.96 Å². The first kappa shape index (κ1) is 22.4. The highest BCUT2D eigenvalue weighted by Crippen LogP contribution is 2.22. The van der Waals surface area contributed by atoms with Crippen LogP contribution in [0.3, 0.4) is 0 Å². The molecule has 3 aromatic rings. The number of nitrogens with one attached hydrogen (secondary N) is 3. The van der Waals surface area contributed by atoms with Gasteiger partial charge in [-0.25, -0.2) is 0 Å². The summed E-state index contributed by atoms with van der Waals surface area (Å²) in [4.78, 5) is 10.4. The number of para-hydroxylation sites is 1. The van der Waals surface area contributed by atoms with Crippen LogP contribution in [0, 0.1) is 6.92 Å². The van der Waals surface area contributed by atoms with Crippen LogP contribution in [-0.2, 0) is 19.4 Å². The van der Waals surface area contributed by atoms with Gasteiger partial charge >= 0.3 is 0 Å². The summed E-state index contributed by atoms with van der Waals surface area (Å²) in [5.41, 5.74) is 6.55. The van der Waals surface area contributed by atoms with Gasteiger partial charge in [0.25, 0.3) is 0 Å². The molecule has 0 radical (unpaired) electrons. The molecule has 0 amide bonds. The molecule has 4 rings (SSSR count). The molecule has 170 valence electrons. The van der Waals surface area contributed by atoms with Crippen molar-refractivity contribution in [2.45, 2.75) is 39.3 Å². The normalized spacial score (nSPS) is 15.5. The first-order chi connectivity index (χ1) is 15.6. The number of aliphatic hydroxyl groups excluding tert-OH is 1. The number of hydrogen-bond donors (Lipinski definition) is 4. The fourth-order valence-corrected chi connectivity index (χ4v) is 4.57. The first-order valence-electron chi connectivity index (χ1n) is 11.7. The van der Waals surface area contributed by atoms with Crippen molar-refractivity contribution in [3.05, 3.63) is 70.9 Å². The Morgan fingerprint density at radius 3 is 2.75 bits per heavy atom. The second-order valence-electron chi connectivity index (χ2n) is 8.58. The van der Waals surface area contributed by atoms with Crippen LogP contribution in [0.4, 0.5) is 0 Å². The Morgan fingerprint density at radius 1 is 1.12 bits per heavy atom. The number of aliphatic imine (C=N–C) groups is 1. The smallest absolute Gasteiger partial charge is 0.191 e. The molecule has 2 heterocycles. The highest BCUT2D eigenvalue weighted by molar-refractivity contribution is 5.84. The van der Waals surface area contributed by atoms with Crippen LogP contribution in [0.2, 0.25) is 0 Å². The lowest BCUT2D eigenvalue weighted by atomic mass is 10.00. The molecule has 1 aliphatic rings. The van der Waals surface area contributed by atoms with E-state index in [1.807, 2.05) is 0 Å². The third-order valence-electron chi connectivity index (χ3n) is 6.18. The van der Waals surface area contributed by atoms with Crippen LogP contribution >= 0.6 is 0 Å². The van der Waals surface area contributed by atoms with Crippen molar-refractivity contribution in [2.75, 3.05) is 32.7 Å². The van der Waals surface area contributed by atoms with Crippen LogP contribution in [-0.4, -0.2) is 59.8 Å². The number of aliphatic hydroxyl groups is 1. The largest absolute Gasteiger partial charge is 0.390 e. The third-order valence-corrected chi connectivity index (χ3v) is 6.18. The zero-order chi connectivity index (χ0) is 22.3. The number of H-pyrrole nitrogens is 1. The number of rotatable bonds is 8. The summed E-state index contributed by atoms with van der Waals surface area (Å²) < 4.78 is 0. The maximum absolute atomic E-state index is 10.6. The number of guanidine groups is 1. The molecule has 0 bridgehead atoms. The molecule has 1 aliphatic heterocycles. The average molecular weight is 434 g/mol. The predicted molar refractivity (Wildman–Crippen MR) is 132 cm³/mol. The molecule has 0 aliphatic carbocycles. The second-order valence-corrected chi connectivity index (χ2v) is 8.58. The highest BCUT2D eigenvalue weighted by atomic mass is 16.3. The Labute approximate surface area is 190 Å². The Kier molecular flexibility index (Phi) is 7.45. The van der Waals surface area contributed by atoms with Gasteiger partial charge in [-0.2, -0.15) is 0 Å². The first-order valence-corrected chi connectivity index (χ1v) is 11.7. The van der Waals surface area contributed by atoms with E-state index in [9.17, 15) is 5.11 Å². The van der Waals surface area contributed by atoms with E-state index >= 15 is 0 Å². The van der Waals surface area contributed by atoms with Crippen molar-refractivity contribution in [2.24, 2.45) is 4.99 Å². The molecular formula is C26H35N5O. The summed E-state index contributed by atoms with van der Waals surface area (Å²) in [5, 5.41) is 18.6. The predicted octanol–water partition coefficient (Wildman–Crippen LogP) is 2.99. The topological polar surface area (TPSA) is 75.7 Å². The van der Waals surface area contributed by atoms with Gasteiger partial charge in [-0.1, -0.05) is 42.5 Å². The van der Waals surface area contributed by atoms with E-state index in [1.165, 1.54) is 33.3 Å². The van der Waals surface area contributed by atoms with Gasteiger partial charge < -0.3 is 20.7 Å². The Hall–Kier alpha value is -2.83. The molecule has 0 saturated carbocycles. The van der Waals surface area contributed by atoms with E-state index in [1.54, 1.807) is 0 Å². The number of fused-ring (bicyclic) bond motifs is 2. The summed E-state index contributed by atoms with van der Waals surface area (Å²) in [6, 6.07) is 17.0. The number of aryl methyl sites for hydroxylation is 1. The number of benzene rings is 2. The number of nitrogens with zero attached hydrogens (tertiary/aromatic N) is 2. The fourth-order valence-electron chi connectivity index (χ4n) is 4.57. The third kappa shape index (κ3) is 5.50. The van der Waals surface area contributed by atoms with E-state index in [2.05, 4.69) is 87.9 Å². The van der Waals surface area contributed by atoms with E-state index in [0.717, 1.165) is 45.0 Å². The molecule has 6 nitrogen and oxygen atoms in total. The minimum atomic E-state index is -0.480. The maximum Gasteiger partial charge on any atom is 0.191 e. The summed E-state index contributed by atoms with van der Waals surface area (Å²) in [6.07, 6.45) is 1.48. The summed E-state index contributed by atoms with van der Waals surface area (Å²) in [7, 11) is 0. The van der Waals surface area contributed by atoms with Gasteiger partial charge in [-0.3, -0.25) is 9.89 Å². The summed E-state index contributed by atoms with van der Waals surface area (Å²) in [6.45, 7) is 8.68. The van der Waals surface area contributed by atoms with Gasteiger partial charge in [-0.15, -0.1) is 0 Å². The van der Waals surface area contributed by atoms with Gasteiger partial charge in [0.05, 0.1) is 12.6 Å². The molecule has 1 aromatic heterocycles. The summed E-state index contributed by atoms with van der Waals surface area (Å²) in [5.74, 6) is 0.757. The lowest BCUT2D eigenvalue weighted by Gasteiger charge is -2.30. The number of aromatic nitrogens is 1. The molecule has 1 unspecified atom stereocenters. The minimum Gasteiger partial charge on any atom is -0.390 e. The zero-order valence-corrected chi connectivity index (χ0v) is 19.2. The van der Waals surface area contributed by atoms with Crippen molar-refractivity contribution < 1.29 is 5.11 Å². The van der Waals surface area contributed by atoms with Gasteiger partial charge in [0.1, 0.15) is 0 Å². The Bertz CT molecular complexity index is 1060. The standard InChI is InChI=1S/C26H35N5O/c1-3-27-26(28-14-12-23-19(2)30-25-11-7-6-10-24(23)25)29-16-22(32)18-31-15-13-20-8-4-5-9-21(20)17-31/h4-11,22,30,32H,3,12-18H2,1-2H3,(H2,27,28,29). The zero-order valence-electron chi connectivity index (χ0n) is 19.2. The van der Waals surface area contributed by atoms with Crippen LogP contribution in [0.25, 0.3) is 10.9 Å². The van der Waals surface area contributed by atoms with Crippen molar-refractivity contribution in [1.82, 2.24) is 20.5 Å². The van der Waals surface area contributed by atoms with Crippen molar-refractivity contribution in [3.63, 3.8) is 0 Å². The van der Waals surface area contributed by atoms with Crippen LogP contribution in [0.1, 0.15) is 29.3 Å². The average Bonchev–Trinajstić information content (AvgIpc) is 3.12. The van der Waals surface area contributed by atoms with Gasteiger partial charge in [-0.05, 0) is 49.4 Å². The van der Waals surface area contributed by atoms with Gasteiger partial charge in [0.2, 0.25) is 0 Å². The van der Waals surface area contributed by atoms with E-state index in [4.69, 9.17) is 0 Å². The van der Waals surface area contributed by atoms with E-state index in [0.29, 0.717) is 13.1 Å². The monoisotopic (exact) mass is 433 g/mol.